The van der Waals surface area contributed by atoms with E-state index in [0.717, 1.165) is 23.3 Å². The third kappa shape index (κ3) is 9.18. The zero-order valence-electron chi connectivity index (χ0n) is 23.9. The van der Waals surface area contributed by atoms with Gasteiger partial charge >= 0.3 is 12.4 Å². The van der Waals surface area contributed by atoms with E-state index >= 15 is 0 Å². The number of halogens is 8. The van der Waals surface area contributed by atoms with Crippen LogP contribution in [0.2, 0.25) is 10.0 Å². The van der Waals surface area contributed by atoms with Crippen molar-refractivity contribution in [1.29, 1.82) is 0 Å². The highest BCUT2D eigenvalue weighted by atomic mass is 35.5. The average Bonchev–Trinajstić information content (AvgIpc) is 3.37. The molecule has 0 radical (unpaired) electrons. The molecule has 47 heavy (non-hydrogen) atoms. The summed E-state index contributed by atoms with van der Waals surface area (Å²) in [5.41, 5.74) is 3.28. The van der Waals surface area contributed by atoms with Crippen LogP contribution >= 0.6 is 23.2 Å². The fourth-order valence-corrected chi connectivity index (χ4v) is 6.14. The molecule has 0 aliphatic rings. The van der Waals surface area contributed by atoms with Gasteiger partial charge in [-0.15, -0.1) is 0 Å². The van der Waals surface area contributed by atoms with Crippen molar-refractivity contribution in [1.82, 2.24) is 9.55 Å². The Balaban J connectivity index is 1.39. The summed E-state index contributed by atoms with van der Waals surface area (Å²) >= 11 is 12.5. The van der Waals surface area contributed by atoms with Crippen LogP contribution in [0.25, 0.3) is 34.5 Å². The molecule has 0 bridgehead atoms. The van der Waals surface area contributed by atoms with Gasteiger partial charge in [0.15, 0.2) is 5.75 Å². The minimum atomic E-state index is -4.88. The van der Waals surface area contributed by atoms with Gasteiger partial charge in [-0.3, -0.25) is 4.72 Å². The van der Waals surface area contributed by atoms with Crippen molar-refractivity contribution in [2.45, 2.75) is 18.9 Å². The number of benzene rings is 4. The lowest BCUT2D eigenvalue weighted by Crippen LogP contribution is -2.27. The maximum atomic E-state index is 12.9. The molecule has 1 aromatic heterocycles. The number of imidazole rings is 1. The molecule has 1 heterocycles. The van der Waals surface area contributed by atoms with E-state index < -0.39 is 33.7 Å². The summed E-state index contributed by atoms with van der Waals surface area (Å²) in [5.74, 6) is -1.48. The minimum absolute atomic E-state index is 0.0165. The monoisotopic (exact) mass is 709 g/mol. The predicted molar refractivity (Wildman–Crippen MR) is 172 cm³/mol. The Kier molecular flexibility index (Phi) is 9.76. The standard InChI is InChI=1S/C33H23Cl2F6N3O2S/c34-26-12-15-28(29(35)17-26)30-19-44(18-22-3-13-27(14-4-22)43-47(45,46)20-32(36,37)38)31(42-30)16-5-21-1-6-23(7-2-21)24-8-10-25(11-9-24)33(39,40)41/h1-17,19,43H,18,20H2. The molecule has 0 saturated heterocycles. The third-order valence-corrected chi connectivity index (χ3v) is 8.63. The number of alkyl halides is 6. The van der Waals surface area contributed by atoms with Gasteiger partial charge in [-0.05, 0) is 70.8 Å². The first-order chi connectivity index (χ1) is 22.0. The number of sulfonamides is 1. The number of hydrogen-bond acceptors (Lipinski definition) is 3. The van der Waals surface area contributed by atoms with Crippen molar-refractivity contribution in [3.8, 4) is 22.4 Å². The van der Waals surface area contributed by atoms with Crippen molar-refractivity contribution in [3.63, 3.8) is 0 Å². The molecule has 0 amide bonds. The van der Waals surface area contributed by atoms with E-state index in [1.807, 2.05) is 21.4 Å². The molecule has 5 rings (SSSR count). The maximum Gasteiger partial charge on any atom is 0.416 e. The van der Waals surface area contributed by atoms with E-state index in [2.05, 4.69) is 0 Å². The number of nitrogens with one attached hydrogen (secondary N) is 1. The van der Waals surface area contributed by atoms with Gasteiger partial charge in [0.25, 0.3) is 0 Å². The van der Waals surface area contributed by atoms with Crippen molar-refractivity contribution in [2.75, 3.05) is 10.5 Å². The Hall–Kier alpha value is -4.26. The van der Waals surface area contributed by atoms with Crippen LogP contribution in [0.15, 0.2) is 97.2 Å². The topological polar surface area (TPSA) is 64.0 Å². The van der Waals surface area contributed by atoms with Gasteiger partial charge in [0.05, 0.1) is 16.3 Å². The van der Waals surface area contributed by atoms with Crippen LogP contribution in [-0.2, 0) is 22.7 Å². The first-order valence-corrected chi connectivity index (χ1v) is 16.1. The highest BCUT2D eigenvalue weighted by Crippen LogP contribution is 2.32. The quantitative estimate of drug-likeness (QED) is 0.155. The molecular weight excluding hydrogens is 687 g/mol. The van der Waals surface area contributed by atoms with E-state index in [-0.39, 0.29) is 12.2 Å². The van der Waals surface area contributed by atoms with Gasteiger partial charge in [-0.1, -0.05) is 77.8 Å². The molecule has 5 aromatic rings. The Morgan fingerprint density at radius 3 is 1.98 bits per heavy atom. The lowest BCUT2D eigenvalue weighted by molar-refractivity contribution is -0.137. The summed E-state index contributed by atoms with van der Waals surface area (Å²) in [4.78, 5) is 4.73. The summed E-state index contributed by atoms with van der Waals surface area (Å²) < 4.78 is 104. The van der Waals surface area contributed by atoms with E-state index in [0.29, 0.717) is 38.3 Å². The molecular formula is C33H23Cl2F6N3O2S. The van der Waals surface area contributed by atoms with E-state index in [4.69, 9.17) is 28.2 Å². The number of rotatable bonds is 9. The van der Waals surface area contributed by atoms with Crippen LogP contribution in [0.3, 0.4) is 0 Å². The number of aromatic nitrogens is 2. The molecule has 5 nitrogen and oxygen atoms in total. The van der Waals surface area contributed by atoms with Gasteiger partial charge in [-0.2, -0.15) is 26.3 Å². The molecule has 0 unspecified atom stereocenters. The Morgan fingerprint density at radius 2 is 1.40 bits per heavy atom. The van der Waals surface area contributed by atoms with Crippen molar-refractivity contribution < 1.29 is 34.8 Å². The fourth-order valence-electron chi connectivity index (χ4n) is 4.63. The van der Waals surface area contributed by atoms with Gasteiger partial charge in [-0.25, -0.2) is 13.4 Å². The van der Waals surface area contributed by atoms with E-state index in [9.17, 15) is 34.8 Å². The van der Waals surface area contributed by atoms with Gasteiger partial charge in [0.1, 0.15) is 5.82 Å². The fraction of sp³-hybridized carbons (Fsp3) is 0.121. The summed E-state index contributed by atoms with van der Waals surface area (Å²) in [6.45, 7) is 0.264. The van der Waals surface area contributed by atoms with E-state index in [1.165, 1.54) is 24.3 Å². The third-order valence-electron chi connectivity index (χ3n) is 6.83. The second-order valence-electron chi connectivity index (χ2n) is 10.4. The predicted octanol–water partition coefficient (Wildman–Crippen LogP) is 10.1. The van der Waals surface area contributed by atoms with Crippen molar-refractivity contribution >= 4 is 51.1 Å². The lowest BCUT2D eigenvalue weighted by Gasteiger charge is -2.11. The Labute approximate surface area is 276 Å². The van der Waals surface area contributed by atoms with Crippen LogP contribution in [0.5, 0.6) is 0 Å². The van der Waals surface area contributed by atoms with Crippen LogP contribution in [0, 0.1) is 0 Å². The average molecular weight is 711 g/mol. The highest BCUT2D eigenvalue weighted by molar-refractivity contribution is 7.92. The SMILES string of the molecule is O=S(=O)(CC(F)(F)F)Nc1ccc(Cn2cc(-c3ccc(Cl)cc3Cl)nc2C=Cc2ccc(-c3ccc(C(F)(F)F)cc3)cc2)cc1. The van der Waals surface area contributed by atoms with Gasteiger partial charge in [0, 0.05) is 29.0 Å². The first-order valence-electron chi connectivity index (χ1n) is 13.7. The summed E-state index contributed by atoms with van der Waals surface area (Å²) in [5, 5.41) is 0.830. The smallest absolute Gasteiger partial charge is 0.326 e. The van der Waals surface area contributed by atoms with Crippen molar-refractivity contribution in [2.24, 2.45) is 0 Å². The summed E-state index contributed by atoms with van der Waals surface area (Å²) in [6.07, 6.45) is -3.96. The Bertz CT molecular complexity index is 2010. The van der Waals surface area contributed by atoms with E-state index in [1.54, 1.807) is 60.8 Å². The maximum absolute atomic E-state index is 12.9. The molecule has 0 aliphatic carbocycles. The van der Waals surface area contributed by atoms with Crippen LogP contribution in [0.1, 0.15) is 22.5 Å². The minimum Gasteiger partial charge on any atom is -0.326 e. The molecule has 0 atom stereocenters. The zero-order valence-corrected chi connectivity index (χ0v) is 26.3. The molecule has 1 N–H and O–H groups in total. The second kappa shape index (κ2) is 13.5. The van der Waals surface area contributed by atoms with Crippen LogP contribution in [0.4, 0.5) is 32.0 Å². The zero-order chi connectivity index (χ0) is 34.0. The molecule has 0 saturated carbocycles. The number of hydrogen-bond donors (Lipinski definition) is 1. The van der Waals surface area contributed by atoms with Gasteiger partial charge in [0.2, 0.25) is 10.0 Å². The first kappa shape index (κ1) is 34.1. The van der Waals surface area contributed by atoms with Crippen molar-refractivity contribution in [3.05, 3.63) is 130 Å². The molecule has 244 valence electrons. The number of nitrogens with zero attached hydrogens (tertiary/aromatic N) is 2. The molecule has 0 aliphatic heterocycles. The largest absolute Gasteiger partial charge is 0.416 e. The molecule has 0 spiro atoms. The summed E-state index contributed by atoms with van der Waals surface area (Å²) in [7, 11) is -4.63. The molecule has 4 aromatic carbocycles. The number of anilines is 1. The normalized spacial score (nSPS) is 12.5. The summed E-state index contributed by atoms with van der Waals surface area (Å²) in [6, 6.07) is 23.0. The highest BCUT2D eigenvalue weighted by Gasteiger charge is 2.35. The molecule has 0 fully saturated rings. The second-order valence-corrected chi connectivity index (χ2v) is 13.0. The van der Waals surface area contributed by atoms with Crippen LogP contribution < -0.4 is 4.72 Å². The van der Waals surface area contributed by atoms with Gasteiger partial charge < -0.3 is 4.57 Å². The lowest BCUT2D eigenvalue weighted by atomic mass is 10.0. The molecule has 14 heteroatoms. The van der Waals surface area contributed by atoms with Crippen LogP contribution in [-0.4, -0.2) is 29.9 Å². The Morgan fingerprint density at radius 1 is 0.787 bits per heavy atom.